The molecule has 2 unspecified atom stereocenters. The third-order valence-corrected chi connectivity index (χ3v) is 19.7. The van der Waals surface area contributed by atoms with Crippen LogP contribution >= 0.6 is 15.6 Å². The van der Waals surface area contributed by atoms with Crippen molar-refractivity contribution in [2.75, 3.05) is 39.6 Å². The van der Waals surface area contributed by atoms with Gasteiger partial charge in [-0.15, -0.1) is 0 Å². The van der Waals surface area contributed by atoms with Crippen LogP contribution in [0.1, 0.15) is 401 Å². The fourth-order valence-corrected chi connectivity index (χ4v) is 13.3. The minimum atomic E-state index is -4.96. The summed E-state index contributed by atoms with van der Waals surface area (Å²) in [4.78, 5) is 72.8. The number of carbonyl (C=O) groups is 4. The van der Waals surface area contributed by atoms with E-state index in [9.17, 15) is 43.2 Å². The first-order valence-electron chi connectivity index (χ1n) is 39.6. The Morgan fingerprint density at radius 2 is 0.484 bits per heavy atom. The molecule has 0 radical (unpaired) electrons. The molecule has 0 aliphatic rings. The number of hydrogen-bond acceptors (Lipinski definition) is 15. The fraction of sp³-hybridized carbons (Fsp3) is 0.947. The van der Waals surface area contributed by atoms with Crippen molar-refractivity contribution in [1.29, 1.82) is 0 Å². The Hall–Kier alpha value is -1.94. The van der Waals surface area contributed by atoms with Gasteiger partial charge >= 0.3 is 39.5 Å². The van der Waals surface area contributed by atoms with Gasteiger partial charge < -0.3 is 33.8 Å². The number of ether oxygens (including phenoxy) is 4. The molecule has 564 valence electrons. The Bertz CT molecular complexity index is 1820. The Labute approximate surface area is 581 Å². The summed E-state index contributed by atoms with van der Waals surface area (Å²) in [5, 5.41) is 10.6. The highest BCUT2D eigenvalue weighted by Gasteiger charge is 2.30. The Morgan fingerprint density at radius 3 is 0.716 bits per heavy atom. The molecule has 0 heterocycles. The third-order valence-electron chi connectivity index (χ3n) is 17.8. The van der Waals surface area contributed by atoms with Gasteiger partial charge in [0.25, 0.3) is 0 Å². The molecule has 0 aromatic heterocycles. The third kappa shape index (κ3) is 70.3. The van der Waals surface area contributed by atoms with Crippen LogP contribution in [0, 0.1) is 5.92 Å². The topological polar surface area (TPSA) is 237 Å². The van der Waals surface area contributed by atoms with E-state index in [0.29, 0.717) is 25.7 Å². The number of unbranched alkanes of at least 4 members (excludes halogenated alkanes) is 48. The molecule has 3 N–H and O–H groups in total. The second-order valence-electron chi connectivity index (χ2n) is 27.9. The van der Waals surface area contributed by atoms with E-state index in [1.54, 1.807) is 0 Å². The summed E-state index contributed by atoms with van der Waals surface area (Å²) >= 11 is 0. The summed E-state index contributed by atoms with van der Waals surface area (Å²) in [6.07, 6.45) is 58.1. The molecule has 0 fully saturated rings. The lowest BCUT2D eigenvalue weighted by Gasteiger charge is -2.21. The van der Waals surface area contributed by atoms with E-state index >= 15 is 0 Å². The van der Waals surface area contributed by atoms with E-state index in [0.717, 1.165) is 95.8 Å². The highest BCUT2D eigenvalue weighted by molar-refractivity contribution is 7.47. The number of hydrogen-bond donors (Lipinski definition) is 3. The Morgan fingerprint density at radius 1 is 0.284 bits per heavy atom. The van der Waals surface area contributed by atoms with E-state index < -0.39 is 97.5 Å². The number of carbonyl (C=O) groups excluding carboxylic acids is 4. The van der Waals surface area contributed by atoms with E-state index in [4.69, 9.17) is 37.0 Å². The van der Waals surface area contributed by atoms with Gasteiger partial charge in [-0.1, -0.05) is 349 Å². The first kappa shape index (κ1) is 93.1. The molecule has 0 amide bonds. The monoisotopic (exact) mass is 1400 g/mol. The van der Waals surface area contributed by atoms with Crippen molar-refractivity contribution in [2.45, 2.75) is 419 Å². The molecular formula is C76H148O17P2. The quantitative estimate of drug-likeness (QED) is 0.0222. The van der Waals surface area contributed by atoms with Gasteiger partial charge in [0.05, 0.1) is 26.4 Å². The van der Waals surface area contributed by atoms with Crippen LogP contribution in [0.25, 0.3) is 0 Å². The molecular weight excluding hydrogens is 1250 g/mol. The van der Waals surface area contributed by atoms with E-state index in [1.807, 2.05) is 0 Å². The van der Waals surface area contributed by atoms with Crippen molar-refractivity contribution in [3.05, 3.63) is 0 Å². The second kappa shape index (κ2) is 69.2. The van der Waals surface area contributed by atoms with Gasteiger partial charge in [-0.2, -0.15) is 0 Å². The lowest BCUT2D eigenvalue weighted by molar-refractivity contribution is -0.161. The summed E-state index contributed by atoms with van der Waals surface area (Å²) in [6, 6.07) is 0. The lowest BCUT2D eigenvalue weighted by Crippen LogP contribution is -2.30. The number of aliphatic hydroxyl groups is 1. The van der Waals surface area contributed by atoms with Gasteiger partial charge in [0.2, 0.25) is 0 Å². The molecule has 0 aromatic carbocycles. The maximum atomic E-state index is 13.1. The summed E-state index contributed by atoms with van der Waals surface area (Å²) in [7, 11) is -9.91. The molecule has 0 bridgehead atoms. The molecule has 95 heavy (non-hydrogen) atoms. The Kier molecular flexibility index (Phi) is 67.7. The van der Waals surface area contributed by atoms with Gasteiger partial charge in [0.1, 0.15) is 19.3 Å². The highest BCUT2D eigenvalue weighted by Crippen LogP contribution is 2.45. The average molecular weight is 1400 g/mol. The van der Waals surface area contributed by atoms with Crippen LogP contribution in [0.2, 0.25) is 0 Å². The molecule has 0 aliphatic heterocycles. The van der Waals surface area contributed by atoms with Crippen LogP contribution in [0.3, 0.4) is 0 Å². The molecule has 5 atom stereocenters. The molecule has 0 aliphatic carbocycles. The molecule has 0 saturated carbocycles. The molecule has 19 heteroatoms. The summed E-state index contributed by atoms with van der Waals surface area (Å²) in [5.74, 6) is -1.34. The van der Waals surface area contributed by atoms with Crippen molar-refractivity contribution in [3.63, 3.8) is 0 Å². The van der Waals surface area contributed by atoms with E-state index in [2.05, 4.69) is 34.6 Å². The zero-order valence-corrected chi connectivity index (χ0v) is 63.6. The maximum Gasteiger partial charge on any atom is 0.472 e. The van der Waals surface area contributed by atoms with Crippen LogP contribution in [0.15, 0.2) is 0 Å². The van der Waals surface area contributed by atoms with Gasteiger partial charge in [0.15, 0.2) is 12.2 Å². The number of esters is 4. The molecule has 0 saturated heterocycles. The average Bonchev–Trinajstić information content (AvgIpc) is 1.41. The smallest absolute Gasteiger partial charge is 0.462 e. The SMILES string of the molecule is CCCCCCCCCCCCCCCCCCCC(=O)O[C@H](COC(=O)CCCCCCCCCCCCCC(C)C)COP(=O)(O)OC[C@@H](O)COP(=O)(O)OC[C@@H](COC(=O)CCCCCCCCCCCCCC)OC(=O)CCCCCCCCCCCCCC. The summed E-state index contributed by atoms with van der Waals surface area (Å²) in [5.41, 5.74) is 0. The van der Waals surface area contributed by atoms with Gasteiger partial charge in [-0.05, 0) is 31.6 Å². The highest BCUT2D eigenvalue weighted by atomic mass is 31.2. The molecule has 0 rings (SSSR count). The summed E-state index contributed by atoms with van der Waals surface area (Å²) in [6.45, 7) is 7.30. The van der Waals surface area contributed by atoms with Crippen molar-refractivity contribution in [2.24, 2.45) is 5.92 Å². The van der Waals surface area contributed by atoms with Crippen molar-refractivity contribution in [1.82, 2.24) is 0 Å². The number of phosphoric ester groups is 2. The maximum absolute atomic E-state index is 13.1. The molecule has 0 spiro atoms. The van der Waals surface area contributed by atoms with E-state index in [-0.39, 0.29) is 25.7 Å². The first-order valence-corrected chi connectivity index (χ1v) is 42.6. The van der Waals surface area contributed by atoms with Gasteiger partial charge in [-0.25, -0.2) is 9.13 Å². The predicted octanol–water partition coefficient (Wildman–Crippen LogP) is 22.5. The van der Waals surface area contributed by atoms with Crippen molar-refractivity contribution in [3.8, 4) is 0 Å². The second-order valence-corrected chi connectivity index (χ2v) is 30.8. The zero-order valence-electron chi connectivity index (χ0n) is 61.8. The lowest BCUT2D eigenvalue weighted by atomic mass is 10.0. The van der Waals surface area contributed by atoms with Crippen LogP contribution in [-0.2, 0) is 65.4 Å². The zero-order chi connectivity index (χ0) is 69.8. The van der Waals surface area contributed by atoms with Gasteiger partial charge in [0, 0.05) is 25.7 Å². The largest absolute Gasteiger partial charge is 0.472 e. The van der Waals surface area contributed by atoms with Crippen LogP contribution in [0.5, 0.6) is 0 Å². The number of rotatable bonds is 76. The van der Waals surface area contributed by atoms with Crippen LogP contribution in [0.4, 0.5) is 0 Å². The first-order chi connectivity index (χ1) is 46.0. The minimum Gasteiger partial charge on any atom is -0.462 e. The standard InChI is InChI=1S/C76H148O17P2/c1-6-9-12-15-18-21-24-27-28-29-30-31-36-42-47-52-57-62-76(81)93-72(66-87-74(79)60-55-50-45-40-37-32-33-38-43-48-53-58-69(4)5)68-91-95(84,85)89-64-70(77)63-88-94(82,83)90-67-71(92-75(80)61-56-51-46-41-35-26-23-20-17-14-11-8-3)65-86-73(78)59-54-49-44-39-34-25-22-19-16-13-10-7-2/h69-72,77H,6-68H2,1-5H3,(H,82,83)(H,84,85)/t70-,71+,72+/m0/s1. The predicted molar refractivity (Wildman–Crippen MR) is 386 cm³/mol. The number of aliphatic hydroxyl groups excluding tert-OH is 1. The van der Waals surface area contributed by atoms with Crippen molar-refractivity contribution < 1.29 is 80.2 Å². The summed E-state index contributed by atoms with van der Waals surface area (Å²) < 4.78 is 68.6. The van der Waals surface area contributed by atoms with Crippen molar-refractivity contribution >= 4 is 39.5 Å². The minimum absolute atomic E-state index is 0.108. The van der Waals surface area contributed by atoms with E-state index in [1.165, 1.54) is 225 Å². The van der Waals surface area contributed by atoms with Gasteiger partial charge in [-0.3, -0.25) is 37.3 Å². The number of phosphoric acid groups is 2. The van der Waals surface area contributed by atoms with Crippen LogP contribution in [-0.4, -0.2) is 96.7 Å². The molecule has 17 nitrogen and oxygen atoms in total. The van der Waals surface area contributed by atoms with Crippen LogP contribution < -0.4 is 0 Å². The normalized spacial score (nSPS) is 13.9. The fourth-order valence-electron chi connectivity index (χ4n) is 11.7. The molecule has 0 aromatic rings. The Balaban J connectivity index is 5.25.